The minimum atomic E-state index is -0.0422. The third-order valence-electron chi connectivity index (χ3n) is 4.72. The molecular formula is C16H31NO4. The van der Waals surface area contributed by atoms with Gasteiger partial charge in [0.1, 0.15) is 0 Å². The second-order valence-electron chi connectivity index (χ2n) is 6.33. The van der Waals surface area contributed by atoms with Gasteiger partial charge in [-0.05, 0) is 38.0 Å². The number of methoxy groups -OCH3 is 1. The molecule has 2 unspecified atom stereocenters. The van der Waals surface area contributed by atoms with Crippen LogP contribution in [0.4, 0.5) is 0 Å². The summed E-state index contributed by atoms with van der Waals surface area (Å²) in [6.45, 7) is 3.54. The quantitative estimate of drug-likeness (QED) is 0.533. The summed E-state index contributed by atoms with van der Waals surface area (Å²) in [5.41, 5.74) is -0.0422. The molecule has 2 saturated carbocycles. The van der Waals surface area contributed by atoms with E-state index in [0.717, 1.165) is 19.4 Å². The molecule has 0 saturated heterocycles. The average molecular weight is 301 g/mol. The number of nitrogens with one attached hydrogen (secondary N) is 1. The zero-order chi connectivity index (χ0) is 15.0. The van der Waals surface area contributed by atoms with Crippen LogP contribution in [-0.4, -0.2) is 63.4 Å². The molecule has 0 heterocycles. The zero-order valence-corrected chi connectivity index (χ0v) is 13.3. The molecule has 5 nitrogen and oxygen atoms in total. The number of rotatable bonds is 12. The van der Waals surface area contributed by atoms with Crippen molar-refractivity contribution >= 4 is 0 Å². The fraction of sp³-hybridized carbons (Fsp3) is 1.00. The molecule has 2 rings (SSSR count). The molecule has 0 radical (unpaired) electrons. The van der Waals surface area contributed by atoms with E-state index in [9.17, 15) is 5.11 Å². The number of hydrogen-bond donors (Lipinski definition) is 2. The molecule has 0 aromatic heterocycles. The molecule has 0 bridgehead atoms. The summed E-state index contributed by atoms with van der Waals surface area (Å²) in [6.07, 6.45) is 7.08. The van der Waals surface area contributed by atoms with E-state index in [1.165, 1.54) is 25.7 Å². The first-order valence-corrected chi connectivity index (χ1v) is 8.34. The summed E-state index contributed by atoms with van der Waals surface area (Å²) in [4.78, 5) is 0. The van der Waals surface area contributed by atoms with Crippen LogP contribution < -0.4 is 5.32 Å². The third kappa shape index (κ3) is 5.49. The minimum absolute atomic E-state index is 0.0422. The summed E-state index contributed by atoms with van der Waals surface area (Å²) >= 11 is 0. The van der Waals surface area contributed by atoms with Gasteiger partial charge < -0.3 is 24.6 Å². The van der Waals surface area contributed by atoms with Gasteiger partial charge in [0.2, 0.25) is 0 Å². The van der Waals surface area contributed by atoms with Gasteiger partial charge in [-0.15, -0.1) is 0 Å². The Morgan fingerprint density at radius 1 is 1.05 bits per heavy atom. The molecule has 2 N–H and O–H groups in total. The van der Waals surface area contributed by atoms with E-state index in [2.05, 4.69) is 5.32 Å². The van der Waals surface area contributed by atoms with Crippen LogP contribution in [0.1, 0.15) is 38.5 Å². The lowest BCUT2D eigenvalue weighted by Crippen LogP contribution is -2.52. The predicted octanol–water partition coefficient (Wildman–Crippen LogP) is 1.34. The van der Waals surface area contributed by atoms with Crippen molar-refractivity contribution in [1.82, 2.24) is 5.32 Å². The zero-order valence-electron chi connectivity index (χ0n) is 13.3. The maximum Gasteiger partial charge on any atom is 0.0701 e. The molecule has 2 aliphatic carbocycles. The fourth-order valence-electron chi connectivity index (χ4n) is 3.33. The molecule has 0 aromatic carbocycles. The van der Waals surface area contributed by atoms with Crippen LogP contribution >= 0.6 is 0 Å². The second-order valence-corrected chi connectivity index (χ2v) is 6.33. The standard InChI is InChI=1S/C16H31NO4/c1-19-9-10-21-12-11-20-8-6-14-3-2-7-16(14,13-18)17-15-4-5-15/h14-15,17-18H,2-13H2,1H3. The Hall–Kier alpha value is -0.200. The lowest BCUT2D eigenvalue weighted by molar-refractivity contribution is 0.0171. The Balaban J connectivity index is 1.58. The molecule has 0 aromatic rings. The molecule has 0 aliphatic heterocycles. The summed E-state index contributed by atoms with van der Waals surface area (Å²) < 4.78 is 15.9. The first kappa shape index (κ1) is 17.2. The molecular weight excluding hydrogens is 270 g/mol. The van der Waals surface area contributed by atoms with Gasteiger partial charge in [0.15, 0.2) is 0 Å². The van der Waals surface area contributed by atoms with E-state index in [1.807, 2.05) is 0 Å². The average Bonchev–Trinajstić information content (AvgIpc) is 3.22. The molecule has 2 atom stereocenters. The molecule has 0 spiro atoms. The summed E-state index contributed by atoms with van der Waals surface area (Å²) in [7, 11) is 1.67. The minimum Gasteiger partial charge on any atom is -0.394 e. The lowest BCUT2D eigenvalue weighted by atomic mass is 9.85. The van der Waals surface area contributed by atoms with E-state index in [4.69, 9.17) is 14.2 Å². The molecule has 21 heavy (non-hydrogen) atoms. The van der Waals surface area contributed by atoms with Crippen LogP contribution in [0.2, 0.25) is 0 Å². The normalized spacial score (nSPS) is 29.1. The van der Waals surface area contributed by atoms with Crippen molar-refractivity contribution in [3.05, 3.63) is 0 Å². The van der Waals surface area contributed by atoms with Crippen LogP contribution in [0.5, 0.6) is 0 Å². The largest absolute Gasteiger partial charge is 0.394 e. The smallest absolute Gasteiger partial charge is 0.0701 e. The molecule has 5 heteroatoms. The van der Waals surface area contributed by atoms with Crippen LogP contribution in [0.15, 0.2) is 0 Å². The van der Waals surface area contributed by atoms with Crippen molar-refractivity contribution in [2.45, 2.75) is 50.1 Å². The summed E-state index contributed by atoms with van der Waals surface area (Å²) in [6, 6.07) is 0.646. The van der Waals surface area contributed by atoms with Gasteiger partial charge in [-0.2, -0.15) is 0 Å². The van der Waals surface area contributed by atoms with Crippen LogP contribution in [0.3, 0.4) is 0 Å². The monoisotopic (exact) mass is 301 g/mol. The highest BCUT2D eigenvalue weighted by molar-refractivity contribution is 5.02. The van der Waals surface area contributed by atoms with E-state index in [-0.39, 0.29) is 12.1 Å². The Morgan fingerprint density at radius 2 is 1.76 bits per heavy atom. The highest BCUT2D eigenvalue weighted by atomic mass is 16.5. The topological polar surface area (TPSA) is 60.0 Å². The Labute approximate surface area is 128 Å². The van der Waals surface area contributed by atoms with Gasteiger partial charge >= 0.3 is 0 Å². The highest BCUT2D eigenvalue weighted by Gasteiger charge is 2.44. The summed E-state index contributed by atoms with van der Waals surface area (Å²) in [5, 5.41) is 13.5. The summed E-state index contributed by atoms with van der Waals surface area (Å²) in [5.74, 6) is 0.539. The fourth-order valence-corrected chi connectivity index (χ4v) is 3.33. The first-order chi connectivity index (χ1) is 10.3. The van der Waals surface area contributed by atoms with Gasteiger partial charge in [-0.3, -0.25) is 0 Å². The van der Waals surface area contributed by atoms with Gasteiger partial charge in [-0.1, -0.05) is 6.42 Å². The number of ether oxygens (including phenoxy) is 3. The van der Waals surface area contributed by atoms with Gasteiger partial charge in [0.25, 0.3) is 0 Å². The Kier molecular flexibility index (Phi) is 7.40. The van der Waals surface area contributed by atoms with Crippen molar-refractivity contribution in [1.29, 1.82) is 0 Å². The van der Waals surface area contributed by atoms with E-state index in [1.54, 1.807) is 7.11 Å². The molecule has 2 aliphatic rings. The number of aliphatic hydroxyl groups excluding tert-OH is 1. The van der Waals surface area contributed by atoms with E-state index < -0.39 is 0 Å². The van der Waals surface area contributed by atoms with Gasteiger partial charge in [-0.25, -0.2) is 0 Å². The highest BCUT2D eigenvalue weighted by Crippen LogP contribution is 2.40. The van der Waals surface area contributed by atoms with Crippen molar-refractivity contribution in [2.24, 2.45) is 5.92 Å². The lowest BCUT2D eigenvalue weighted by Gasteiger charge is -2.35. The van der Waals surface area contributed by atoms with Gasteiger partial charge in [0.05, 0.1) is 33.0 Å². The van der Waals surface area contributed by atoms with Crippen molar-refractivity contribution < 1.29 is 19.3 Å². The maximum atomic E-state index is 9.85. The second kappa shape index (κ2) is 9.06. The van der Waals surface area contributed by atoms with E-state index >= 15 is 0 Å². The molecule has 2 fully saturated rings. The van der Waals surface area contributed by atoms with Crippen molar-refractivity contribution in [2.75, 3.05) is 46.8 Å². The number of hydrogen-bond acceptors (Lipinski definition) is 5. The Bertz CT molecular complexity index is 285. The first-order valence-electron chi connectivity index (χ1n) is 8.34. The van der Waals surface area contributed by atoms with Crippen LogP contribution in [0.25, 0.3) is 0 Å². The Morgan fingerprint density at radius 3 is 2.43 bits per heavy atom. The maximum absolute atomic E-state index is 9.85. The van der Waals surface area contributed by atoms with Crippen LogP contribution in [-0.2, 0) is 14.2 Å². The third-order valence-corrected chi connectivity index (χ3v) is 4.72. The molecule has 124 valence electrons. The van der Waals surface area contributed by atoms with Crippen molar-refractivity contribution in [3.63, 3.8) is 0 Å². The van der Waals surface area contributed by atoms with Crippen LogP contribution in [0, 0.1) is 5.92 Å². The van der Waals surface area contributed by atoms with Crippen molar-refractivity contribution in [3.8, 4) is 0 Å². The predicted molar refractivity (Wildman–Crippen MR) is 81.4 cm³/mol. The molecule has 0 amide bonds. The van der Waals surface area contributed by atoms with Gasteiger partial charge in [0, 0.05) is 25.3 Å². The number of aliphatic hydroxyl groups is 1. The van der Waals surface area contributed by atoms with E-state index in [0.29, 0.717) is 38.4 Å². The SMILES string of the molecule is COCCOCCOCCC1CCCC1(CO)NC1CC1.